The number of hydrogen-bond donors (Lipinski definition) is 0. The van der Waals surface area contributed by atoms with Crippen molar-refractivity contribution in [3.05, 3.63) is 105 Å². The summed E-state index contributed by atoms with van der Waals surface area (Å²) in [6, 6.07) is 17.1. The van der Waals surface area contributed by atoms with E-state index in [1.165, 1.54) is 22.8 Å². The summed E-state index contributed by atoms with van der Waals surface area (Å²) in [5.74, 6) is 12.1. The van der Waals surface area contributed by atoms with Crippen molar-refractivity contribution in [2.24, 2.45) is 0 Å². The van der Waals surface area contributed by atoms with Gasteiger partial charge in [-0.2, -0.15) is 0 Å². The third-order valence-corrected chi connectivity index (χ3v) is 4.36. The molecule has 3 aromatic rings. The molecule has 3 rings (SSSR count). The Balaban J connectivity index is 1.81. The molecule has 0 aromatic heterocycles. The van der Waals surface area contributed by atoms with Gasteiger partial charge >= 0.3 is 0 Å². The maximum Gasteiger partial charge on any atom is 0.139 e. The molecule has 0 aliphatic rings. The van der Waals surface area contributed by atoms with Crippen LogP contribution >= 0.6 is 0 Å². The molecule has 0 nitrogen and oxygen atoms in total. The molecule has 27 heavy (non-hydrogen) atoms. The summed E-state index contributed by atoms with van der Waals surface area (Å²) in [4.78, 5) is 0. The monoisotopic (exact) mass is 352 g/mol. The van der Waals surface area contributed by atoms with Gasteiger partial charge in [0.2, 0.25) is 0 Å². The Hall–Kier alpha value is -3.29. The molecule has 0 bridgehead atoms. The van der Waals surface area contributed by atoms with Crippen molar-refractivity contribution in [3.8, 4) is 23.7 Å². The second-order valence-corrected chi connectivity index (χ2v) is 6.83. The number of halogens is 1. The van der Waals surface area contributed by atoms with E-state index in [1.54, 1.807) is 6.07 Å². The quantitative estimate of drug-likeness (QED) is 0.445. The minimum Gasteiger partial charge on any atom is -0.206 e. The fraction of sp³-hybridized carbons (Fsp3) is 0.154. The highest BCUT2D eigenvalue weighted by Gasteiger charge is 2.01. The average molecular weight is 352 g/mol. The Morgan fingerprint density at radius 2 is 1.15 bits per heavy atom. The van der Waals surface area contributed by atoms with Crippen LogP contribution in [-0.4, -0.2) is 0 Å². The molecule has 0 aliphatic heterocycles. The lowest BCUT2D eigenvalue weighted by molar-refractivity contribution is 0.623. The lowest BCUT2D eigenvalue weighted by Crippen LogP contribution is -1.89. The largest absolute Gasteiger partial charge is 0.206 e. The molecule has 0 spiro atoms. The fourth-order valence-corrected chi connectivity index (χ4v) is 3.01. The van der Waals surface area contributed by atoms with E-state index in [4.69, 9.17) is 0 Å². The Kier molecular flexibility index (Phi) is 5.44. The molecule has 0 heterocycles. The van der Waals surface area contributed by atoms with Gasteiger partial charge in [0.25, 0.3) is 0 Å². The van der Waals surface area contributed by atoms with E-state index in [0.29, 0.717) is 5.56 Å². The number of hydrogen-bond acceptors (Lipinski definition) is 0. The van der Waals surface area contributed by atoms with Crippen LogP contribution in [0.3, 0.4) is 0 Å². The van der Waals surface area contributed by atoms with E-state index in [9.17, 15) is 4.39 Å². The highest BCUT2D eigenvalue weighted by atomic mass is 19.1. The minimum absolute atomic E-state index is 0.283. The van der Waals surface area contributed by atoms with Gasteiger partial charge in [-0.15, -0.1) is 0 Å². The molecule has 0 amide bonds. The Labute approximate surface area is 161 Å². The summed E-state index contributed by atoms with van der Waals surface area (Å²) < 4.78 is 13.8. The van der Waals surface area contributed by atoms with E-state index >= 15 is 0 Å². The van der Waals surface area contributed by atoms with Gasteiger partial charge in [-0.1, -0.05) is 47.4 Å². The van der Waals surface area contributed by atoms with Gasteiger partial charge in [-0.25, -0.2) is 4.39 Å². The third-order valence-electron chi connectivity index (χ3n) is 4.36. The molecule has 1 heteroatoms. The highest BCUT2D eigenvalue weighted by Crippen LogP contribution is 2.15. The minimum atomic E-state index is -0.283. The fourth-order valence-electron chi connectivity index (χ4n) is 3.01. The highest BCUT2D eigenvalue weighted by molar-refractivity contribution is 5.52. The second kappa shape index (κ2) is 7.94. The van der Waals surface area contributed by atoms with Gasteiger partial charge in [-0.3, -0.25) is 0 Å². The van der Waals surface area contributed by atoms with E-state index in [-0.39, 0.29) is 5.82 Å². The Bertz CT molecular complexity index is 1090. The standard InChI is InChI=1S/C26H21F/c1-18-5-12-24(26(27)17-18)13-10-22-6-8-23(9-7-22)11-14-25-20(3)15-19(2)16-21(25)4/h5-9,12,15-17H,1-4H3. The lowest BCUT2D eigenvalue weighted by Gasteiger charge is -2.04. The molecule has 0 atom stereocenters. The first-order valence-electron chi connectivity index (χ1n) is 8.90. The van der Waals surface area contributed by atoms with E-state index < -0.39 is 0 Å². The molecule has 0 N–H and O–H groups in total. The molecule has 132 valence electrons. The van der Waals surface area contributed by atoms with Crippen molar-refractivity contribution in [1.29, 1.82) is 0 Å². The summed E-state index contributed by atoms with van der Waals surface area (Å²) >= 11 is 0. The van der Waals surface area contributed by atoms with Gasteiger partial charge in [-0.05, 0) is 80.8 Å². The molecular formula is C26H21F. The maximum absolute atomic E-state index is 13.8. The second-order valence-electron chi connectivity index (χ2n) is 6.83. The zero-order chi connectivity index (χ0) is 19.4. The van der Waals surface area contributed by atoms with Crippen LogP contribution in [0.4, 0.5) is 4.39 Å². The molecule has 0 unspecified atom stereocenters. The number of benzene rings is 3. The van der Waals surface area contributed by atoms with Crippen LogP contribution < -0.4 is 0 Å². The van der Waals surface area contributed by atoms with Crippen molar-refractivity contribution in [2.75, 3.05) is 0 Å². The average Bonchev–Trinajstić information content (AvgIpc) is 2.61. The summed E-state index contributed by atoms with van der Waals surface area (Å²) in [6.07, 6.45) is 0. The number of rotatable bonds is 0. The summed E-state index contributed by atoms with van der Waals surface area (Å²) in [7, 11) is 0. The van der Waals surface area contributed by atoms with Crippen LogP contribution in [0.2, 0.25) is 0 Å². The van der Waals surface area contributed by atoms with Crippen molar-refractivity contribution in [3.63, 3.8) is 0 Å². The molecule has 0 radical (unpaired) electrons. The van der Waals surface area contributed by atoms with Crippen LogP contribution in [0.1, 0.15) is 44.5 Å². The summed E-state index contributed by atoms with van der Waals surface area (Å²) in [5.41, 5.74) is 7.80. The SMILES string of the molecule is Cc1cc(C)c(C#Cc2ccc(C#Cc3ccc(C)cc3F)cc2)c(C)c1. The smallest absolute Gasteiger partial charge is 0.139 e. The van der Waals surface area contributed by atoms with Gasteiger partial charge in [0.05, 0.1) is 5.56 Å². The predicted molar refractivity (Wildman–Crippen MR) is 110 cm³/mol. The first-order chi connectivity index (χ1) is 12.9. The van der Waals surface area contributed by atoms with Crippen LogP contribution in [-0.2, 0) is 0 Å². The van der Waals surface area contributed by atoms with Crippen molar-refractivity contribution in [2.45, 2.75) is 27.7 Å². The van der Waals surface area contributed by atoms with Crippen LogP contribution in [0.25, 0.3) is 0 Å². The summed E-state index contributed by atoms with van der Waals surface area (Å²) in [6.45, 7) is 8.14. The van der Waals surface area contributed by atoms with E-state index in [2.05, 4.69) is 56.6 Å². The number of aryl methyl sites for hydroxylation is 4. The zero-order valence-electron chi connectivity index (χ0n) is 16.1. The molecule has 3 aromatic carbocycles. The van der Waals surface area contributed by atoms with Crippen molar-refractivity contribution < 1.29 is 4.39 Å². The normalized spacial score (nSPS) is 9.81. The van der Waals surface area contributed by atoms with Gasteiger partial charge < -0.3 is 0 Å². The molecule has 0 fully saturated rings. The van der Waals surface area contributed by atoms with Crippen LogP contribution in [0, 0.1) is 57.2 Å². The third kappa shape index (κ3) is 4.66. The van der Waals surface area contributed by atoms with E-state index in [0.717, 1.165) is 22.3 Å². The first kappa shape index (κ1) is 18.5. The first-order valence-corrected chi connectivity index (χ1v) is 8.90. The Morgan fingerprint density at radius 1 is 0.593 bits per heavy atom. The zero-order valence-corrected chi connectivity index (χ0v) is 16.1. The van der Waals surface area contributed by atoms with Crippen LogP contribution in [0.5, 0.6) is 0 Å². The summed E-state index contributed by atoms with van der Waals surface area (Å²) in [5, 5.41) is 0. The van der Waals surface area contributed by atoms with E-state index in [1.807, 2.05) is 37.3 Å². The van der Waals surface area contributed by atoms with Crippen molar-refractivity contribution in [1.82, 2.24) is 0 Å². The van der Waals surface area contributed by atoms with Crippen molar-refractivity contribution >= 4 is 0 Å². The lowest BCUT2D eigenvalue weighted by atomic mass is 10.00. The maximum atomic E-state index is 13.8. The molecular weight excluding hydrogens is 331 g/mol. The molecule has 0 saturated heterocycles. The predicted octanol–water partition coefficient (Wildman–Crippen LogP) is 5.86. The Morgan fingerprint density at radius 3 is 1.70 bits per heavy atom. The van der Waals surface area contributed by atoms with Gasteiger partial charge in [0, 0.05) is 16.7 Å². The van der Waals surface area contributed by atoms with Gasteiger partial charge in [0.1, 0.15) is 5.82 Å². The molecule has 0 saturated carbocycles. The van der Waals surface area contributed by atoms with Gasteiger partial charge in [0.15, 0.2) is 0 Å². The molecule has 0 aliphatic carbocycles. The van der Waals surface area contributed by atoms with Crippen LogP contribution in [0.15, 0.2) is 54.6 Å². The topological polar surface area (TPSA) is 0 Å².